The summed E-state index contributed by atoms with van der Waals surface area (Å²) in [7, 11) is 0. The molecule has 102 valence electrons. The van der Waals surface area contributed by atoms with Crippen molar-refractivity contribution in [3.8, 4) is 0 Å². The normalized spacial score (nSPS) is 19.6. The lowest BCUT2D eigenvalue weighted by atomic mass is 9.98. The van der Waals surface area contributed by atoms with Crippen LogP contribution in [-0.2, 0) is 14.3 Å². The number of ether oxygens (including phenoxy) is 2. The molecule has 2 rings (SSSR count). The topological polar surface area (TPSA) is 59.1 Å². The number of aliphatic carboxylic acids is 1. The number of epoxide rings is 1. The lowest BCUT2D eigenvalue weighted by Crippen LogP contribution is -2.08. The zero-order valence-electron chi connectivity index (χ0n) is 11.1. The van der Waals surface area contributed by atoms with Gasteiger partial charge in [0.25, 0.3) is 0 Å². The van der Waals surface area contributed by atoms with Crippen LogP contribution in [-0.4, -0.2) is 30.4 Å². The maximum Gasteiger partial charge on any atom is 0.328 e. The van der Waals surface area contributed by atoms with E-state index in [9.17, 15) is 4.79 Å². The molecule has 1 fully saturated rings. The van der Waals surface area contributed by atoms with E-state index in [0.29, 0.717) is 6.61 Å². The van der Waals surface area contributed by atoms with Crippen molar-refractivity contribution in [1.29, 1.82) is 0 Å². The zero-order valence-corrected chi connectivity index (χ0v) is 11.1. The Morgan fingerprint density at radius 3 is 3.00 bits per heavy atom. The summed E-state index contributed by atoms with van der Waals surface area (Å²) in [5.74, 6) is -0.950. The van der Waals surface area contributed by atoms with Crippen molar-refractivity contribution in [2.24, 2.45) is 0 Å². The van der Waals surface area contributed by atoms with Gasteiger partial charge < -0.3 is 14.6 Å². The van der Waals surface area contributed by atoms with Gasteiger partial charge in [-0.15, -0.1) is 0 Å². The van der Waals surface area contributed by atoms with E-state index in [1.165, 1.54) is 0 Å². The van der Waals surface area contributed by atoms with Gasteiger partial charge in [0.2, 0.25) is 0 Å². The molecule has 1 aliphatic rings. The van der Waals surface area contributed by atoms with Crippen molar-refractivity contribution in [1.82, 2.24) is 0 Å². The quantitative estimate of drug-likeness (QED) is 0.632. The molecule has 1 aromatic carbocycles. The van der Waals surface area contributed by atoms with Gasteiger partial charge in [-0.1, -0.05) is 18.2 Å². The van der Waals surface area contributed by atoms with Crippen LogP contribution in [0.3, 0.4) is 0 Å². The maximum absolute atomic E-state index is 10.7. The Morgan fingerprint density at radius 1 is 1.63 bits per heavy atom. The molecule has 0 saturated carbocycles. The molecule has 0 amide bonds. The van der Waals surface area contributed by atoms with Gasteiger partial charge in [-0.25, -0.2) is 4.79 Å². The SMILES string of the molecule is Cc1cccc([C@@H](C)OCC2CO2)c1C=CC(=O)O. The fourth-order valence-corrected chi connectivity index (χ4v) is 1.95. The van der Waals surface area contributed by atoms with E-state index in [-0.39, 0.29) is 12.2 Å². The van der Waals surface area contributed by atoms with Crippen LogP contribution in [0.1, 0.15) is 29.7 Å². The van der Waals surface area contributed by atoms with Crippen molar-refractivity contribution in [2.45, 2.75) is 26.1 Å². The van der Waals surface area contributed by atoms with Crippen LogP contribution in [0.2, 0.25) is 0 Å². The zero-order chi connectivity index (χ0) is 13.8. The average molecular weight is 262 g/mol. The lowest BCUT2D eigenvalue weighted by Gasteiger charge is -2.17. The predicted molar refractivity (Wildman–Crippen MR) is 72.0 cm³/mol. The third-order valence-corrected chi connectivity index (χ3v) is 3.12. The fraction of sp³-hybridized carbons (Fsp3) is 0.400. The molecule has 0 aromatic heterocycles. The Bertz CT molecular complexity index is 489. The Kier molecular flexibility index (Phi) is 4.35. The van der Waals surface area contributed by atoms with Gasteiger partial charge in [0.05, 0.1) is 19.3 Å². The molecule has 2 atom stereocenters. The molecule has 0 aliphatic carbocycles. The summed E-state index contributed by atoms with van der Waals surface area (Å²) >= 11 is 0. The molecule has 0 radical (unpaired) electrons. The van der Waals surface area contributed by atoms with Crippen LogP contribution in [0.25, 0.3) is 6.08 Å². The van der Waals surface area contributed by atoms with E-state index in [0.717, 1.165) is 29.4 Å². The average Bonchev–Trinajstić information content (AvgIpc) is 3.18. The lowest BCUT2D eigenvalue weighted by molar-refractivity contribution is -0.131. The van der Waals surface area contributed by atoms with Gasteiger partial charge in [-0.05, 0) is 36.6 Å². The molecular formula is C15H18O4. The van der Waals surface area contributed by atoms with Crippen molar-refractivity contribution in [3.63, 3.8) is 0 Å². The third-order valence-electron chi connectivity index (χ3n) is 3.12. The molecule has 1 unspecified atom stereocenters. The largest absolute Gasteiger partial charge is 0.478 e. The highest BCUT2D eigenvalue weighted by molar-refractivity contribution is 5.86. The third kappa shape index (κ3) is 3.91. The second-order valence-corrected chi connectivity index (χ2v) is 4.68. The van der Waals surface area contributed by atoms with Crippen molar-refractivity contribution in [3.05, 3.63) is 41.0 Å². The minimum Gasteiger partial charge on any atom is -0.478 e. The summed E-state index contributed by atoms with van der Waals surface area (Å²) in [5, 5.41) is 8.75. The van der Waals surface area contributed by atoms with E-state index >= 15 is 0 Å². The second kappa shape index (κ2) is 5.99. The van der Waals surface area contributed by atoms with E-state index in [4.69, 9.17) is 14.6 Å². The van der Waals surface area contributed by atoms with Crippen LogP contribution in [0.4, 0.5) is 0 Å². The van der Waals surface area contributed by atoms with Crippen molar-refractivity contribution in [2.75, 3.05) is 13.2 Å². The smallest absolute Gasteiger partial charge is 0.328 e. The Morgan fingerprint density at radius 2 is 2.37 bits per heavy atom. The monoisotopic (exact) mass is 262 g/mol. The van der Waals surface area contributed by atoms with Gasteiger partial charge in [-0.3, -0.25) is 0 Å². The van der Waals surface area contributed by atoms with E-state index < -0.39 is 5.97 Å². The molecule has 1 N–H and O–H groups in total. The summed E-state index contributed by atoms with van der Waals surface area (Å²) in [6.45, 7) is 5.28. The van der Waals surface area contributed by atoms with Crippen molar-refractivity contribution < 1.29 is 19.4 Å². The summed E-state index contributed by atoms with van der Waals surface area (Å²) in [6.07, 6.45) is 2.92. The molecule has 0 spiro atoms. The number of carboxylic acid groups (broad SMARTS) is 1. The van der Waals surface area contributed by atoms with E-state index in [1.54, 1.807) is 6.08 Å². The minimum atomic E-state index is -0.950. The van der Waals surface area contributed by atoms with Gasteiger partial charge in [0, 0.05) is 6.08 Å². The number of benzene rings is 1. The van der Waals surface area contributed by atoms with Crippen LogP contribution < -0.4 is 0 Å². The summed E-state index contributed by atoms with van der Waals surface area (Å²) in [4.78, 5) is 10.7. The molecule has 19 heavy (non-hydrogen) atoms. The molecule has 1 heterocycles. The molecule has 0 bridgehead atoms. The first-order chi connectivity index (χ1) is 9.08. The minimum absolute atomic E-state index is 0.0856. The Balaban J connectivity index is 2.17. The highest BCUT2D eigenvalue weighted by Crippen LogP contribution is 2.26. The summed E-state index contributed by atoms with van der Waals surface area (Å²) in [6, 6.07) is 5.88. The number of rotatable bonds is 6. The van der Waals surface area contributed by atoms with Crippen molar-refractivity contribution >= 4 is 12.0 Å². The molecule has 4 heteroatoms. The van der Waals surface area contributed by atoms with E-state index in [2.05, 4.69) is 0 Å². The van der Waals surface area contributed by atoms with Gasteiger partial charge in [0.1, 0.15) is 6.10 Å². The molecular weight excluding hydrogens is 244 g/mol. The number of carbonyl (C=O) groups is 1. The Hall–Kier alpha value is -1.65. The van der Waals surface area contributed by atoms with Crippen LogP contribution in [0.15, 0.2) is 24.3 Å². The van der Waals surface area contributed by atoms with Gasteiger partial charge >= 0.3 is 5.97 Å². The molecule has 1 aliphatic heterocycles. The number of carboxylic acids is 1. The summed E-state index contributed by atoms with van der Waals surface area (Å²) in [5.41, 5.74) is 2.94. The molecule has 1 saturated heterocycles. The van der Waals surface area contributed by atoms with Gasteiger partial charge in [0.15, 0.2) is 0 Å². The highest BCUT2D eigenvalue weighted by atomic mass is 16.6. The van der Waals surface area contributed by atoms with Crippen LogP contribution in [0.5, 0.6) is 0 Å². The molecule has 4 nitrogen and oxygen atoms in total. The first-order valence-corrected chi connectivity index (χ1v) is 6.31. The standard InChI is InChI=1S/C15H18O4/c1-10-4-3-5-14(13(10)6-7-15(16)17)11(2)18-8-12-9-19-12/h3-7,11-12H,8-9H2,1-2H3,(H,16,17)/t11-,12?/m1/s1. The van der Waals surface area contributed by atoms with Crippen LogP contribution in [0, 0.1) is 6.92 Å². The first kappa shape index (κ1) is 13.8. The van der Waals surface area contributed by atoms with E-state index in [1.807, 2.05) is 32.0 Å². The maximum atomic E-state index is 10.7. The second-order valence-electron chi connectivity index (χ2n) is 4.68. The van der Waals surface area contributed by atoms with Crippen LogP contribution >= 0.6 is 0 Å². The highest BCUT2D eigenvalue weighted by Gasteiger charge is 2.24. The predicted octanol–water partition coefficient (Wildman–Crippen LogP) is 2.57. The Labute approximate surface area is 112 Å². The number of aryl methyl sites for hydroxylation is 1. The fourth-order valence-electron chi connectivity index (χ4n) is 1.95. The van der Waals surface area contributed by atoms with Gasteiger partial charge in [-0.2, -0.15) is 0 Å². The first-order valence-electron chi connectivity index (χ1n) is 6.31. The number of hydrogen-bond donors (Lipinski definition) is 1. The molecule has 1 aromatic rings. The summed E-state index contributed by atoms with van der Waals surface area (Å²) < 4.78 is 10.9. The number of hydrogen-bond acceptors (Lipinski definition) is 3.